The van der Waals surface area contributed by atoms with E-state index >= 15 is 0 Å². The molecule has 0 aliphatic rings. The molecule has 0 N–H and O–H groups in total. The first-order valence-corrected chi connectivity index (χ1v) is 11.4. The summed E-state index contributed by atoms with van der Waals surface area (Å²) < 4.78 is 4.60. The first-order valence-electron chi connectivity index (χ1n) is 9.56. The lowest BCUT2D eigenvalue weighted by Crippen LogP contribution is -2.22. The molecule has 0 bridgehead atoms. The predicted octanol–water partition coefficient (Wildman–Crippen LogP) is 5.12. The van der Waals surface area contributed by atoms with Gasteiger partial charge in [-0.2, -0.15) is 0 Å². The Morgan fingerprint density at radius 3 is 2.61 bits per heavy atom. The molecule has 5 nitrogen and oxygen atoms in total. The van der Waals surface area contributed by atoms with E-state index in [0.717, 1.165) is 34.0 Å². The molecule has 4 aromatic rings. The topological polar surface area (TPSA) is 52.2 Å². The van der Waals surface area contributed by atoms with Crippen molar-refractivity contribution in [3.05, 3.63) is 56.2 Å². The number of nitrogens with zero attached hydrogens (tertiary/aromatic N) is 4. The Labute approximate surface area is 172 Å². The van der Waals surface area contributed by atoms with E-state index < -0.39 is 0 Å². The Morgan fingerprint density at radius 1 is 1.14 bits per heavy atom. The van der Waals surface area contributed by atoms with Gasteiger partial charge in [0.2, 0.25) is 5.78 Å². The second kappa shape index (κ2) is 7.72. The molecule has 0 unspecified atom stereocenters. The summed E-state index contributed by atoms with van der Waals surface area (Å²) >= 11 is 3.17. The number of rotatable bonds is 6. The van der Waals surface area contributed by atoms with Gasteiger partial charge in [-0.3, -0.25) is 13.8 Å². The standard InChI is InChI=1S/C21H24N4OS2/c1-5-6-8-24-19(26)18-17(7-9-27-18)25-20(24)22-23-21(25)28-12-16-14(3)10-13(2)11-15(16)4/h7,9-11H,5-6,8,12H2,1-4H3. The van der Waals surface area contributed by atoms with E-state index in [9.17, 15) is 4.79 Å². The first-order chi connectivity index (χ1) is 13.5. The number of hydrogen-bond donors (Lipinski definition) is 0. The summed E-state index contributed by atoms with van der Waals surface area (Å²) in [6.45, 7) is 9.26. The highest BCUT2D eigenvalue weighted by molar-refractivity contribution is 7.98. The fraction of sp³-hybridized carbons (Fsp3) is 0.381. The molecule has 0 spiro atoms. The minimum atomic E-state index is 0.0418. The zero-order chi connectivity index (χ0) is 19.8. The van der Waals surface area contributed by atoms with Gasteiger partial charge in [0.05, 0.1) is 5.52 Å². The van der Waals surface area contributed by atoms with E-state index in [1.807, 2.05) is 15.8 Å². The van der Waals surface area contributed by atoms with Gasteiger partial charge in [-0.05, 0) is 55.3 Å². The molecule has 28 heavy (non-hydrogen) atoms. The third kappa shape index (κ3) is 3.26. The monoisotopic (exact) mass is 412 g/mol. The highest BCUT2D eigenvalue weighted by Gasteiger charge is 2.18. The quantitative estimate of drug-likeness (QED) is 0.412. The maximum Gasteiger partial charge on any atom is 0.272 e. The molecule has 0 fully saturated rings. The molecule has 4 rings (SSSR count). The van der Waals surface area contributed by atoms with Crippen LogP contribution in [0.25, 0.3) is 16.0 Å². The van der Waals surface area contributed by atoms with Crippen molar-refractivity contribution in [3.8, 4) is 0 Å². The Hall–Kier alpha value is -2.12. The van der Waals surface area contributed by atoms with Gasteiger partial charge < -0.3 is 0 Å². The minimum Gasteiger partial charge on any atom is -0.276 e. The molecule has 0 saturated heterocycles. The van der Waals surface area contributed by atoms with Gasteiger partial charge in [0, 0.05) is 12.3 Å². The SMILES string of the molecule is CCCCn1c(=O)c2sccc2n2c(SCc3c(C)cc(C)cc3C)nnc12. The Kier molecular flexibility index (Phi) is 5.29. The lowest BCUT2D eigenvalue weighted by atomic mass is 10.0. The molecule has 1 aromatic carbocycles. The zero-order valence-corrected chi connectivity index (χ0v) is 18.3. The predicted molar refractivity (Wildman–Crippen MR) is 118 cm³/mol. The highest BCUT2D eigenvalue weighted by Crippen LogP contribution is 2.29. The molecule has 0 aliphatic heterocycles. The highest BCUT2D eigenvalue weighted by atomic mass is 32.2. The lowest BCUT2D eigenvalue weighted by Gasteiger charge is -2.11. The number of thioether (sulfide) groups is 1. The summed E-state index contributed by atoms with van der Waals surface area (Å²) in [6, 6.07) is 6.45. The van der Waals surface area contributed by atoms with Gasteiger partial charge in [-0.25, -0.2) is 0 Å². The van der Waals surface area contributed by atoms with E-state index in [1.54, 1.807) is 16.3 Å². The number of fused-ring (bicyclic) bond motifs is 3. The van der Waals surface area contributed by atoms with E-state index in [2.05, 4.69) is 50.0 Å². The lowest BCUT2D eigenvalue weighted by molar-refractivity contribution is 0.621. The molecule has 0 amide bonds. The summed E-state index contributed by atoms with van der Waals surface area (Å²) in [5.41, 5.74) is 6.19. The molecule has 7 heteroatoms. The van der Waals surface area contributed by atoms with Crippen LogP contribution >= 0.6 is 23.1 Å². The van der Waals surface area contributed by atoms with Gasteiger partial charge in [-0.1, -0.05) is 42.8 Å². The van der Waals surface area contributed by atoms with Crippen LogP contribution in [0.4, 0.5) is 0 Å². The molecule has 146 valence electrons. The van der Waals surface area contributed by atoms with Crippen LogP contribution in [0.1, 0.15) is 42.0 Å². The summed E-state index contributed by atoms with van der Waals surface area (Å²) in [6.07, 6.45) is 1.98. The van der Waals surface area contributed by atoms with Crippen molar-refractivity contribution < 1.29 is 0 Å². The van der Waals surface area contributed by atoms with Crippen molar-refractivity contribution in [3.63, 3.8) is 0 Å². The molecular weight excluding hydrogens is 388 g/mol. The second-order valence-corrected chi connectivity index (χ2v) is 9.09. The number of hydrogen-bond acceptors (Lipinski definition) is 5. The normalized spacial score (nSPS) is 11.7. The van der Waals surface area contributed by atoms with Crippen molar-refractivity contribution in [1.29, 1.82) is 0 Å². The van der Waals surface area contributed by atoms with E-state index in [0.29, 0.717) is 12.3 Å². The van der Waals surface area contributed by atoms with Crippen LogP contribution < -0.4 is 5.56 Å². The van der Waals surface area contributed by atoms with Crippen molar-refractivity contribution in [1.82, 2.24) is 19.2 Å². The number of aromatic nitrogens is 4. The van der Waals surface area contributed by atoms with Crippen LogP contribution in [0.3, 0.4) is 0 Å². The number of benzene rings is 1. The molecule has 3 heterocycles. The molecular formula is C21H24N4OS2. The summed E-state index contributed by atoms with van der Waals surface area (Å²) in [7, 11) is 0. The molecule has 0 atom stereocenters. The first kappa shape index (κ1) is 19.2. The number of aryl methyl sites for hydroxylation is 4. The Morgan fingerprint density at radius 2 is 1.89 bits per heavy atom. The molecule has 0 saturated carbocycles. The fourth-order valence-electron chi connectivity index (χ4n) is 3.69. The minimum absolute atomic E-state index is 0.0418. The summed E-state index contributed by atoms with van der Waals surface area (Å²) in [4.78, 5) is 12.9. The Bertz CT molecular complexity index is 1200. The molecule has 0 aliphatic carbocycles. The smallest absolute Gasteiger partial charge is 0.272 e. The van der Waals surface area contributed by atoms with E-state index in [-0.39, 0.29) is 5.56 Å². The molecule has 3 aromatic heterocycles. The zero-order valence-electron chi connectivity index (χ0n) is 16.7. The van der Waals surface area contributed by atoms with Crippen LogP contribution in [-0.4, -0.2) is 19.2 Å². The Balaban J connectivity index is 1.79. The van der Waals surface area contributed by atoms with Crippen LogP contribution in [0.15, 0.2) is 33.5 Å². The number of unbranched alkanes of at least 4 members (excludes halogenated alkanes) is 1. The molecule has 0 radical (unpaired) electrons. The van der Waals surface area contributed by atoms with Gasteiger partial charge in [0.15, 0.2) is 5.16 Å². The number of thiophene rings is 1. The van der Waals surface area contributed by atoms with Crippen LogP contribution in [0, 0.1) is 20.8 Å². The van der Waals surface area contributed by atoms with Gasteiger partial charge in [0.25, 0.3) is 5.56 Å². The average Bonchev–Trinajstić information content (AvgIpc) is 3.27. The van der Waals surface area contributed by atoms with Crippen molar-refractivity contribution in [2.75, 3.05) is 0 Å². The van der Waals surface area contributed by atoms with Crippen LogP contribution in [-0.2, 0) is 12.3 Å². The maximum atomic E-state index is 12.9. The van der Waals surface area contributed by atoms with Crippen LogP contribution in [0.5, 0.6) is 0 Å². The third-order valence-corrected chi connectivity index (χ3v) is 6.95. The average molecular weight is 413 g/mol. The summed E-state index contributed by atoms with van der Waals surface area (Å²) in [5.74, 6) is 1.47. The third-order valence-electron chi connectivity index (χ3n) is 5.10. The van der Waals surface area contributed by atoms with Crippen molar-refractivity contribution in [2.24, 2.45) is 0 Å². The van der Waals surface area contributed by atoms with Crippen LogP contribution in [0.2, 0.25) is 0 Å². The van der Waals surface area contributed by atoms with Crippen molar-refractivity contribution >= 4 is 39.1 Å². The van der Waals surface area contributed by atoms with Crippen molar-refractivity contribution in [2.45, 2.75) is 58.0 Å². The summed E-state index contributed by atoms with van der Waals surface area (Å²) in [5, 5.41) is 11.6. The van der Waals surface area contributed by atoms with Gasteiger partial charge in [0.1, 0.15) is 4.70 Å². The largest absolute Gasteiger partial charge is 0.276 e. The van der Waals surface area contributed by atoms with E-state index in [1.165, 1.54) is 33.6 Å². The second-order valence-electron chi connectivity index (χ2n) is 7.23. The van der Waals surface area contributed by atoms with Gasteiger partial charge >= 0.3 is 0 Å². The van der Waals surface area contributed by atoms with E-state index in [4.69, 9.17) is 0 Å². The maximum absolute atomic E-state index is 12.9. The fourth-order valence-corrected chi connectivity index (χ4v) is 5.65. The van der Waals surface area contributed by atoms with Gasteiger partial charge in [-0.15, -0.1) is 21.5 Å².